The number of unbranched alkanes of at least 4 members (excludes halogenated alkanes) is 3. The Labute approximate surface area is 119 Å². The van der Waals surface area contributed by atoms with Crippen molar-refractivity contribution in [2.45, 2.75) is 77.0 Å². The van der Waals surface area contributed by atoms with Gasteiger partial charge in [0.1, 0.15) is 0 Å². The molecule has 0 aromatic heterocycles. The van der Waals surface area contributed by atoms with E-state index in [-0.39, 0.29) is 0 Å². The van der Waals surface area contributed by atoms with Gasteiger partial charge in [-0.05, 0) is 32.4 Å². The van der Waals surface area contributed by atoms with Gasteiger partial charge in [-0.1, -0.05) is 39.5 Å². The first-order valence-electron chi connectivity index (χ1n) is 8.44. The molecule has 2 fully saturated rings. The van der Waals surface area contributed by atoms with Crippen molar-refractivity contribution in [3.63, 3.8) is 0 Å². The smallest absolute Gasteiger partial charge is 0.0855 e. The summed E-state index contributed by atoms with van der Waals surface area (Å²) >= 11 is 0. The molecule has 2 saturated heterocycles. The maximum atomic E-state index is 6.16. The number of ether oxygens (including phenoxy) is 1. The zero-order chi connectivity index (χ0) is 13.5. The van der Waals surface area contributed by atoms with E-state index in [1.54, 1.807) is 0 Å². The fraction of sp³-hybridized carbons (Fsp3) is 1.00. The summed E-state index contributed by atoms with van der Waals surface area (Å²) in [6.07, 6.45) is 9.80. The van der Waals surface area contributed by atoms with Crippen LogP contribution in [0, 0.1) is 0 Å². The van der Waals surface area contributed by atoms with E-state index in [1.165, 1.54) is 51.5 Å². The van der Waals surface area contributed by atoms with Crippen LogP contribution in [0.1, 0.15) is 58.8 Å². The highest BCUT2D eigenvalue weighted by Gasteiger charge is 2.35. The Morgan fingerprint density at radius 1 is 1.26 bits per heavy atom. The third kappa shape index (κ3) is 4.44. The molecular formula is C16H32N2O. The second-order valence-electron chi connectivity index (χ2n) is 6.18. The van der Waals surface area contributed by atoms with E-state index < -0.39 is 0 Å². The van der Waals surface area contributed by atoms with Crippen molar-refractivity contribution >= 4 is 0 Å². The molecule has 0 amide bonds. The maximum absolute atomic E-state index is 6.16. The molecule has 112 valence electrons. The van der Waals surface area contributed by atoms with Gasteiger partial charge in [0, 0.05) is 18.6 Å². The van der Waals surface area contributed by atoms with E-state index >= 15 is 0 Å². The first-order chi connectivity index (χ1) is 9.35. The summed E-state index contributed by atoms with van der Waals surface area (Å²) in [7, 11) is 0. The van der Waals surface area contributed by atoms with Gasteiger partial charge in [-0.2, -0.15) is 0 Å². The van der Waals surface area contributed by atoms with Gasteiger partial charge in [0.2, 0.25) is 0 Å². The summed E-state index contributed by atoms with van der Waals surface area (Å²) in [6, 6.07) is 1.28. The minimum Gasteiger partial charge on any atom is -0.374 e. The molecule has 3 atom stereocenters. The minimum atomic E-state index is 0.413. The molecule has 3 heteroatoms. The highest BCUT2D eigenvalue weighted by molar-refractivity contribution is 4.90. The number of hydrogen-bond acceptors (Lipinski definition) is 3. The molecule has 0 bridgehead atoms. The molecule has 1 N–H and O–H groups in total. The molecule has 2 aliphatic heterocycles. The fourth-order valence-electron chi connectivity index (χ4n) is 3.56. The molecule has 2 heterocycles. The Bertz CT molecular complexity index is 247. The molecule has 3 nitrogen and oxygen atoms in total. The number of likely N-dealkylation sites (N-methyl/N-ethyl adjacent to an activating group) is 1. The van der Waals surface area contributed by atoms with Gasteiger partial charge in [0.25, 0.3) is 0 Å². The van der Waals surface area contributed by atoms with Gasteiger partial charge in [-0.25, -0.2) is 0 Å². The Kier molecular flexibility index (Phi) is 6.62. The van der Waals surface area contributed by atoms with Gasteiger partial charge in [-0.3, -0.25) is 4.90 Å². The van der Waals surface area contributed by atoms with E-state index in [4.69, 9.17) is 4.74 Å². The lowest BCUT2D eigenvalue weighted by Crippen LogP contribution is -2.54. The second-order valence-corrected chi connectivity index (χ2v) is 6.18. The van der Waals surface area contributed by atoms with Gasteiger partial charge >= 0.3 is 0 Å². The van der Waals surface area contributed by atoms with Gasteiger partial charge in [-0.15, -0.1) is 0 Å². The largest absolute Gasteiger partial charge is 0.374 e. The summed E-state index contributed by atoms with van der Waals surface area (Å²) in [6.45, 7) is 8.94. The topological polar surface area (TPSA) is 24.5 Å². The van der Waals surface area contributed by atoms with Crippen LogP contribution in [0.3, 0.4) is 0 Å². The molecule has 3 unspecified atom stereocenters. The number of nitrogens with zero attached hydrogens (tertiary/aromatic N) is 1. The van der Waals surface area contributed by atoms with E-state index in [2.05, 4.69) is 24.1 Å². The van der Waals surface area contributed by atoms with E-state index in [0.717, 1.165) is 25.7 Å². The third-order valence-corrected chi connectivity index (χ3v) is 4.70. The second kappa shape index (κ2) is 8.23. The van der Waals surface area contributed by atoms with Crippen LogP contribution in [0.2, 0.25) is 0 Å². The normalized spacial score (nSPS) is 29.4. The summed E-state index contributed by atoms with van der Waals surface area (Å²) in [4.78, 5) is 2.66. The van der Waals surface area contributed by atoms with Crippen LogP contribution in [0.4, 0.5) is 0 Å². The Hall–Kier alpha value is -0.120. The van der Waals surface area contributed by atoms with Gasteiger partial charge in [0.05, 0.1) is 12.7 Å². The molecular weight excluding hydrogens is 236 g/mol. The van der Waals surface area contributed by atoms with E-state index in [1.807, 2.05) is 0 Å². The molecule has 0 aliphatic carbocycles. The van der Waals surface area contributed by atoms with Crippen LogP contribution in [0.15, 0.2) is 0 Å². The van der Waals surface area contributed by atoms with Crippen LogP contribution < -0.4 is 5.32 Å². The van der Waals surface area contributed by atoms with Crippen molar-refractivity contribution in [2.75, 3.05) is 26.2 Å². The molecule has 2 rings (SSSR count). The predicted octanol–water partition coefficient (Wildman–Crippen LogP) is 2.80. The van der Waals surface area contributed by atoms with Crippen LogP contribution in [-0.4, -0.2) is 49.3 Å². The third-order valence-electron chi connectivity index (χ3n) is 4.70. The Morgan fingerprint density at radius 2 is 2.16 bits per heavy atom. The molecule has 0 saturated carbocycles. The quantitative estimate of drug-likeness (QED) is 0.685. The summed E-state index contributed by atoms with van der Waals surface area (Å²) < 4.78 is 6.16. The Morgan fingerprint density at radius 3 is 2.95 bits per heavy atom. The minimum absolute atomic E-state index is 0.413. The van der Waals surface area contributed by atoms with Crippen molar-refractivity contribution in [2.24, 2.45) is 0 Å². The zero-order valence-corrected chi connectivity index (χ0v) is 12.9. The van der Waals surface area contributed by atoms with Gasteiger partial charge < -0.3 is 10.1 Å². The van der Waals surface area contributed by atoms with Crippen LogP contribution in [-0.2, 0) is 4.74 Å². The Balaban J connectivity index is 1.77. The average molecular weight is 268 g/mol. The highest BCUT2D eigenvalue weighted by Crippen LogP contribution is 2.25. The first-order valence-corrected chi connectivity index (χ1v) is 8.44. The van der Waals surface area contributed by atoms with Crippen LogP contribution in [0.5, 0.6) is 0 Å². The SMILES string of the molecule is CCCCCCC(NCC)C1CN2CCCC2CO1. The van der Waals surface area contributed by atoms with E-state index in [0.29, 0.717) is 12.1 Å². The summed E-state index contributed by atoms with van der Waals surface area (Å²) in [5.41, 5.74) is 0. The lowest BCUT2D eigenvalue weighted by Gasteiger charge is -2.39. The fourth-order valence-corrected chi connectivity index (χ4v) is 3.56. The van der Waals surface area contributed by atoms with Crippen LogP contribution in [0.25, 0.3) is 0 Å². The lowest BCUT2D eigenvalue weighted by molar-refractivity contribution is -0.0656. The van der Waals surface area contributed by atoms with Crippen molar-refractivity contribution in [1.29, 1.82) is 0 Å². The van der Waals surface area contributed by atoms with E-state index in [9.17, 15) is 0 Å². The van der Waals surface area contributed by atoms with Gasteiger partial charge in [0.15, 0.2) is 0 Å². The van der Waals surface area contributed by atoms with Crippen molar-refractivity contribution in [3.8, 4) is 0 Å². The number of rotatable bonds is 8. The highest BCUT2D eigenvalue weighted by atomic mass is 16.5. The molecule has 0 radical (unpaired) electrons. The molecule has 0 spiro atoms. The molecule has 19 heavy (non-hydrogen) atoms. The van der Waals surface area contributed by atoms with Crippen molar-refractivity contribution in [1.82, 2.24) is 10.2 Å². The number of morpholine rings is 1. The summed E-state index contributed by atoms with van der Waals surface area (Å²) in [5.74, 6) is 0. The summed E-state index contributed by atoms with van der Waals surface area (Å²) in [5, 5.41) is 3.66. The molecule has 0 aromatic carbocycles. The van der Waals surface area contributed by atoms with Crippen molar-refractivity contribution < 1.29 is 4.74 Å². The molecule has 2 aliphatic rings. The zero-order valence-electron chi connectivity index (χ0n) is 12.9. The monoisotopic (exact) mass is 268 g/mol. The lowest BCUT2D eigenvalue weighted by atomic mass is 10.0. The van der Waals surface area contributed by atoms with Crippen molar-refractivity contribution in [3.05, 3.63) is 0 Å². The predicted molar refractivity (Wildman–Crippen MR) is 80.6 cm³/mol. The molecule has 0 aromatic rings. The average Bonchev–Trinajstić information content (AvgIpc) is 2.89. The number of fused-ring (bicyclic) bond motifs is 1. The number of nitrogens with one attached hydrogen (secondary N) is 1. The first kappa shape index (κ1) is 15.3. The standard InChI is InChI=1S/C16H32N2O/c1-3-5-6-7-10-15(17-4-2)16-12-18-11-8-9-14(18)13-19-16/h14-17H,3-13H2,1-2H3. The maximum Gasteiger partial charge on any atom is 0.0855 e. The number of hydrogen-bond donors (Lipinski definition) is 1. The van der Waals surface area contributed by atoms with Crippen LogP contribution >= 0.6 is 0 Å².